The monoisotopic (exact) mass is 262 g/mol. The molecule has 1 spiro atoms. The summed E-state index contributed by atoms with van der Waals surface area (Å²) in [5.41, 5.74) is 0.404. The number of hydrogen-bond donors (Lipinski definition) is 1. The van der Waals surface area contributed by atoms with Crippen LogP contribution < -0.4 is 5.32 Å². The molecule has 1 saturated heterocycles. The van der Waals surface area contributed by atoms with Crippen LogP contribution in [0, 0.1) is 0 Å². The molecule has 3 rings (SSSR count). The fourth-order valence-electron chi connectivity index (χ4n) is 3.78. The van der Waals surface area contributed by atoms with Gasteiger partial charge in [-0.2, -0.15) is 0 Å². The van der Waals surface area contributed by atoms with Gasteiger partial charge in [-0.05, 0) is 19.8 Å². The van der Waals surface area contributed by atoms with Crippen molar-refractivity contribution in [2.75, 3.05) is 19.6 Å². The molecule has 1 N–H and O–H groups in total. The first-order valence-electron chi connectivity index (χ1n) is 7.80. The molecule has 106 valence electrons. The third-order valence-electron chi connectivity index (χ3n) is 4.94. The van der Waals surface area contributed by atoms with Crippen molar-refractivity contribution in [1.82, 2.24) is 19.8 Å². The summed E-state index contributed by atoms with van der Waals surface area (Å²) >= 11 is 0. The molecule has 0 amide bonds. The van der Waals surface area contributed by atoms with Crippen LogP contribution in [0.3, 0.4) is 0 Å². The Morgan fingerprint density at radius 2 is 2.16 bits per heavy atom. The van der Waals surface area contributed by atoms with Crippen LogP contribution in [0.25, 0.3) is 0 Å². The van der Waals surface area contributed by atoms with E-state index in [2.05, 4.69) is 32.9 Å². The Bertz CT molecular complexity index is 398. The average Bonchev–Trinajstić information content (AvgIpc) is 2.90. The lowest BCUT2D eigenvalue weighted by atomic mass is 9.79. The van der Waals surface area contributed by atoms with Crippen molar-refractivity contribution in [3.63, 3.8) is 0 Å². The van der Waals surface area contributed by atoms with Crippen molar-refractivity contribution in [2.24, 2.45) is 0 Å². The van der Waals surface area contributed by atoms with Gasteiger partial charge in [-0.25, -0.2) is 4.98 Å². The largest absolute Gasteiger partial charge is 0.334 e. The average molecular weight is 262 g/mol. The number of aryl methyl sites for hydroxylation is 1. The van der Waals surface area contributed by atoms with Crippen molar-refractivity contribution in [1.29, 1.82) is 0 Å². The highest BCUT2D eigenvalue weighted by Crippen LogP contribution is 2.35. The van der Waals surface area contributed by atoms with Crippen LogP contribution in [0.5, 0.6) is 0 Å². The Kier molecular flexibility index (Phi) is 3.89. The summed E-state index contributed by atoms with van der Waals surface area (Å²) in [5.74, 6) is 1.23. The Morgan fingerprint density at radius 1 is 1.32 bits per heavy atom. The van der Waals surface area contributed by atoms with Crippen LogP contribution in [0.2, 0.25) is 0 Å². The second-order valence-electron chi connectivity index (χ2n) is 6.01. The topological polar surface area (TPSA) is 33.1 Å². The van der Waals surface area contributed by atoms with E-state index < -0.39 is 0 Å². The van der Waals surface area contributed by atoms with E-state index in [0.717, 1.165) is 26.2 Å². The smallest absolute Gasteiger partial charge is 0.122 e. The van der Waals surface area contributed by atoms with Gasteiger partial charge in [0.2, 0.25) is 0 Å². The molecule has 2 heterocycles. The van der Waals surface area contributed by atoms with E-state index in [0.29, 0.717) is 5.54 Å². The van der Waals surface area contributed by atoms with Crippen LogP contribution in [-0.2, 0) is 13.1 Å². The second-order valence-corrected chi connectivity index (χ2v) is 6.01. The maximum absolute atomic E-state index is 4.56. The molecule has 1 aromatic rings. The lowest BCUT2D eigenvalue weighted by Crippen LogP contribution is -2.61. The first kappa shape index (κ1) is 13.1. The standard InChI is InChI=1S/C15H26N4/c1-2-18-10-9-17-14(18)12-19-11-8-16-13-15(19)6-4-3-5-7-15/h9-10,16H,2-8,11-13H2,1H3. The van der Waals surface area contributed by atoms with Gasteiger partial charge in [-0.15, -0.1) is 0 Å². The predicted octanol–water partition coefficient (Wildman–Crippen LogP) is 2.01. The number of imidazole rings is 1. The fraction of sp³-hybridized carbons (Fsp3) is 0.800. The molecule has 0 radical (unpaired) electrons. The number of aromatic nitrogens is 2. The molecule has 0 atom stereocenters. The van der Waals surface area contributed by atoms with E-state index in [1.807, 2.05) is 6.20 Å². The van der Waals surface area contributed by atoms with Crippen LogP contribution in [0.4, 0.5) is 0 Å². The molecule has 1 aliphatic heterocycles. The van der Waals surface area contributed by atoms with Crippen LogP contribution in [0.1, 0.15) is 44.9 Å². The van der Waals surface area contributed by atoms with Gasteiger partial charge in [0.1, 0.15) is 5.82 Å². The molecule has 4 heteroatoms. The number of hydrogen-bond acceptors (Lipinski definition) is 3. The zero-order chi connectivity index (χ0) is 13.1. The Morgan fingerprint density at radius 3 is 2.95 bits per heavy atom. The highest BCUT2D eigenvalue weighted by atomic mass is 15.3. The number of piperazine rings is 1. The molecule has 0 bridgehead atoms. The van der Waals surface area contributed by atoms with Crippen molar-refractivity contribution in [3.05, 3.63) is 18.2 Å². The van der Waals surface area contributed by atoms with E-state index >= 15 is 0 Å². The third kappa shape index (κ3) is 2.56. The minimum Gasteiger partial charge on any atom is -0.334 e. The van der Waals surface area contributed by atoms with E-state index in [4.69, 9.17) is 0 Å². The Hall–Kier alpha value is -0.870. The van der Waals surface area contributed by atoms with Gasteiger partial charge in [0.15, 0.2) is 0 Å². The summed E-state index contributed by atoms with van der Waals surface area (Å²) in [6.07, 6.45) is 10.9. The molecule has 0 aromatic carbocycles. The first-order valence-corrected chi connectivity index (χ1v) is 7.80. The van der Waals surface area contributed by atoms with Gasteiger partial charge in [-0.1, -0.05) is 19.3 Å². The molecule has 4 nitrogen and oxygen atoms in total. The number of nitrogens with one attached hydrogen (secondary N) is 1. The maximum Gasteiger partial charge on any atom is 0.122 e. The first-order chi connectivity index (χ1) is 9.34. The normalized spacial score (nSPS) is 23.8. The molecular formula is C15H26N4. The van der Waals surface area contributed by atoms with Gasteiger partial charge in [-0.3, -0.25) is 4.90 Å². The van der Waals surface area contributed by atoms with Crippen LogP contribution >= 0.6 is 0 Å². The van der Waals surface area contributed by atoms with E-state index in [1.165, 1.54) is 44.5 Å². The molecule has 1 aliphatic carbocycles. The molecule has 2 aliphatic rings. The molecular weight excluding hydrogens is 236 g/mol. The van der Waals surface area contributed by atoms with Gasteiger partial charge in [0.05, 0.1) is 6.54 Å². The Labute approximate surface area is 116 Å². The quantitative estimate of drug-likeness (QED) is 0.904. The van der Waals surface area contributed by atoms with E-state index in [-0.39, 0.29) is 0 Å². The SMILES string of the molecule is CCn1ccnc1CN1CCNCC12CCCCC2. The molecule has 19 heavy (non-hydrogen) atoms. The van der Waals surface area contributed by atoms with Crippen molar-refractivity contribution >= 4 is 0 Å². The zero-order valence-corrected chi connectivity index (χ0v) is 12.1. The van der Waals surface area contributed by atoms with Crippen molar-refractivity contribution < 1.29 is 0 Å². The number of nitrogens with zero attached hydrogens (tertiary/aromatic N) is 3. The molecule has 1 aromatic heterocycles. The van der Waals surface area contributed by atoms with Crippen LogP contribution in [-0.4, -0.2) is 39.6 Å². The zero-order valence-electron chi connectivity index (χ0n) is 12.1. The molecule has 1 saturated carbocycles. The maximum atomic E-state index is 4.56. The molecule has 0 unspecified atom stereocenters. The molecule has 2 fully saturated rings. The van der Waals surface area contributed by atoms with Gasteiger partial charge < -0.3 is 9.88 Å². The minimum absolute atomic E-state index is 0.404. The van der Waals surface area contributed by atoms with E-state index in [9.17, 15) is 0 Å². The van der Waals surface area contributed by atoms with E-state index in [1.54, 1.807) is 0 Å². The highest BCUT2D eigenvalue weighted by molar-refractivity contribution is 5.01. The summed E-state index contributed by atoms with van der Waals surface area (Å²) in [5, 5.41) is 3.61. The van der Waals surface area contributed by atoms with Gasteiger partial charge >= 0.3 is 0 Å². The van der Waals surface area contributed by atoms with Crippen molar-refractivity contribution in [3.8, 4) is 0 Å². The van der Waals surface area contributed by atoms with Crippen molar-refractivity contribution in [2.45, 2.75) is 57.7 Å². The lowest BCUT2D eigenvalue weighted by molar-refractivity contribution is 0.0182. The second kappa shape index (κ2) is 5.63. The third-order valence-corrected chi connectivity index (χ3v) is 4.94. The predicted molar refractivity (Wildman–Crippen MR) is 77.0 cm³/mol. The van der Waals surface area contributed by atoms with Crippen LogP contribution in [0.15, 0.2) is 12.4 Å². The summed E-state index contributed by atoms with van der Waals surface area (Å²) in [6, 6.07) is 0. The Balaban J connectivity index is 1.77. The lowest BCUT2D eigenvalue weighted by Gasteiger charge is -2.49. The van der Waals surface area contributed by atoms with Gasteiger partial charge in [0.25, 0.3) is 0 Å². The summed E-state index contributed by atoms with van der Waals surface area (Å²) in [4.78, 5) is 7.27. The van der Waals surface area contributed by atoms with Gasteiger partial charge in [0, 0.05) is 44.1 Å². The highest BCUT2D eigenvalue weighted by Gasteiger charge is 2.39. The summed E-state index contributed by atoms with van der Waals surface area (Å²) in [6.45, 7) is 7.68. The summed E-state index contributed by atoms with van der Waals surface area (Å²) in [7, 11) is 0. The number of rotatable bonds is 3. The fourth-order valence-corrected chi connectivity index (χ4v) is 3.78. The summed E-state index contributed by atoms with van der Waals surface area (Å²) < 4.78 is 2.28. The minimum atomic E-state index is 0.404.